The molecule has 10 heteroatoms. The highest BCUT2D eigenvalue weighted by Crippen LogP contribution is 2.40. The quantitative estimate of drug-likeness (QED) is 0.365. The van der Waals surface area contributed by atoms with Crippen molar-refractivity contribution < 1.29 is 38.0 Å². The number of rotatable bonds is 10. The van der Waals surface area contributed by atoms with E-state index in [1.165, 1.54) is 66.9 Å². The first-order valence-corrected chi connectivity index (χ1v) is 11.6. The van der Waals surface area contributed by atoms with E-state index in [4.69, 9.17) is 34.8 Å². The minimum Gasteiger partial charge on any atom is -0.493 e. The molecule has 0 heterocycles. The van der Waals surface area contributed by atoms with Crippen LogP contribution in [-0.2, 0) is 0 Å². The Morgan fingerprint density at radius 3 is 1.21 bits per heavy atom. The van der Waals surface area contributed by atoms with E-state index in [9.17, 15) is 9.59 Å². The fourth-order valence-corrected chi connectivity index (χ4v) is 3.87. The molecule has 0 aliphatic rings. The number of hydrogen-bond donors (Lipinski definition) is 2. The van der Waals surface area contributed by atoms with Crippen molar-refractivity contribution in [2.24, 2.45) is 0 Å². The largest absolute Gasteiger partial charge is 0.493 e. The van der Waals surface area contributed by atoms with Crippen LogP contribution in [0.1, 0.15) is 31.8 Å². The van der Waals surface area contributed by atoms with E-state index >= 15 is 0 Å². The van der Waals surface area contributed by atoms with Gasteiger partial charge in [-0.2, -0.15) is 0 Å². The highest BCUT2D eigenvalue weighted by atomic mass is 16.5. The summed E-state index contributed by atoms with van der Waals surface area (Å²) in [5.41, 5.74) is 2.36. The van der Waals surface area contributed by atoms with Gasteiger partial charge in [-0.3, -0.25) is 9.59 Å². The van der Waals surface area contributed by atoms with Crippen LogP contribution in [0, 0.1) is 19.3 Å². The fourth-order valence-electron chi connectivity index (χ4n) is 3.87. The molecule has 3 aromatic carbocycles. The monoisotopic (exact) mass is 534 g/mol. The Kier molecular flexibility index (Phi) is 9.12. The second kappa shape index (κ2) is 12.5. The SMILES string of the molecule is C#Cc1cc(NC(=O)c2cc(OC)c(OC)c(OC)c2)c(C)c(NC(=O)c2cc(OC)c(OC)c(OC)c2)c1. The maximum Gasteiger partial charge on any atom is 0.255 e. The number of terminal acetylenes is 1. The maximum atomic E-state index is 13.2. The molecule has 0 atom stereocenters. The van der Waals surface area contributed by atoms with Gasteiger partial charge in [0.1, 0.15) is 0 Å². The number of anilines is 2. The second-order valence-electron chi connectivity index (χ2n) is 8.08. The molecular weight excluding hydrogens is 504 g/mol. The van der Waals surface area contributed by atoms with E-state index in [2.05, 4.69) is 16.6 Å². The van der Waals surface area contributed by atoms with Crippen molar-refractivity contribution in [2.75, 3.05) is 53.3 Å². The van der Waals surface area contributed by atoms with E-state index in [0.29, 0.717) is 57.0 Å². The molecule has 0 bridgehead atoms. The predicted molar refractivity (Wildman–Crippen MR) is 147 cm³/mol. The third kappa shape index (κ3) is 5.93. The number of methoxy groups -OCH3 is 6. The number of carbonyl (C=O) groups is 2. The number of benzene rings is 3. The molecule has 2 amide bonds. The maximum absolute atomic E-state index is 13.2. The van der Waals surface area contributed by atoms with Crippen LogP contribution in [0.5, 0.6) is 34.5 Å². The summed E-state index contributed by atoms with van der Waals surface area (Å²) < 4.78 is 32.0. The molecule has 3 rings (SSSR count). The molecule has 0 aliphatic heterocycles. The lowest BCUT2D eigenvalue weighted by atomic mass is 10.1. The summed E-state index contributed by atoms with van der Waals surface area (Å²) in [6.45, 7) is 1.75. The molecule has 39 heavy (non-hydrogen) atoms. The van der Waals surface area contributed by atoms with Gasteiger partial charge in [0.2, 0.25) is 11.5 Å². The van der Waals surface area contributed by atoms with Crippen molar-refractivity contribution in [1.82, 2.24) is 0 Å². The molecule has 10 nitrogen and oxygen atoms in total. The van der Waals surface area contributed by atoms with Gasteiger partial charge >= 0.3 is 0 Å². The lowest BCUT2D eigenvalue weighted by molar-refractivity contribution is 0.101. The number of nitrogens with one attached hydrogen (secondary N) is 2. The fraction of sp³-hybridized carbons (Fsp3) is 0.241. The highest BCUT2D eigenvalue weighted by Gasteiger charge is 2.20. The topological polar surface area (TPSA) is 114 Å². The molecular formula is C29H30N2O8. The number of carbonyl (C=O) groups excluding carboxylic acids is 2. The van der Waals surface area contributed by atoms with Crippen LogP contribution < -0.4 is 39.1 Å². The van der Waals surface area contributed by atoms with Gasteiger partial charge in [0, 0.05) is 28.1 Å². The lowest BCUT2D eigenvalue weighted by Gasteiger charge is -2.17. The van der Waals surface area contributed by atoms with Crippen molar-refractivity contribution in [2.45, 2.75) is 6.92 Å². The minimum atomic E-state index is -0.451. The molecule has 204 valence electrons. The number of amides is 2. The van der Waals surface area contributed by atoms with Crippen LogP contribution in [0.4, 0.5) is 11.4 Å². The zero-order valence-corrected chi connectivity index (χ0v) is 22.8. The average Bonchev–Trinajstić information content (AvgIpc) is 2.96. The van der Waals surface area contributed by atoms with E-state index in [0.717, 1.165) is 0 Å². The van der Waals surface area contributed by atoms with Crippen LogP contribution in [0.2, 0.25) is 0 Å². The van der Waals surface area contributed by atoms with E-state index in [-0.39, 0.29) is 11.1 Å². The summed E-state index contributed by atoms with van der Waals surface area (Å²) in [4.78, 5) is 26.4. The first kappa shape index (κ1) is 28.5. The third-order valence-electron chi connectivity index (χ3n) is 5.92. The van der Waals surface area contributed by atoms with Crippen molar-refractivity contribution in [1.29, 1.82) is 0 Å². The second-order valence-corrected chi connectivity index (χ2v) is 8.08. The average molecular weight is 535 g/mol. The third-order valence-corrected chi connectivity index (χ3v) is 5.92. The van der Waals surface area contributed by atoms with Gasteiger partial charge in [0.25, 0.3) is 11.8 Å². The Hall–Kier alpha value is -5.04. The Labute approximate surface area is 227 Å². The van der Waals surface area contributed by atoms with Gasteiger partial charge in [-0.15, -0.1) is 6.42 Å². The Bertz CT molecular complexity index is 1290. The Morgan fingerprint density at radius 1 is 0.615 bits per heavy atom. The van der Waals surface area contributed by atoms with Crippen molar-refractivity contribution in [3.63, 3.8) is 0 Å². The zero-order valence-electron chi connectivity index (χ0n) is 22.8. The molecule has 0 radical (unpaired) electrons. The van der Waals surface area contributed by atoms with E-state index < -0.39 is 11.8 Å². The predicted octanol–water partition coefficient (Wildman–Crippen LogP) is 4.53. The zero-order chi connectivity index (χ0) is 28.7. The summed E-state index contributed by atoms with van der Waals surface area (Å²) in [5.74, 6) is 3.68. The minimum absolute atomic E-state index is 0.262. The Morgan fingerprint density at radius 2 is 0.949 bits per heavy atom. The molecule has 3 aromatic rings. The molecule has 0 fully saturated rings. The van der Waals surface area contributed by atoms with Crippen LogP contribution in [0.3, 0.4) is 0 Å². The van der Waals surface area contributed by atoms with Gasteiger partial charge < -0.3 is 39.1 Å². The smallest absolute Gasteiger partial charge is 0.255 e. The molecule has 0 saturated heterocycles. The van der Waals surface area contributed by atoms with E-state index in [1.807, 2.05) is 0 Å². The normalized spacial score (nSPS) is 10.1. The first-order valence-electron chi connectivity index (χ1n) is 11.6. The number of hydrogen-bond acceptors (Lipinski definition) is 8. The molecule has 0 saturated carbocycles. The summed E-state index contributed by atoms with van der Waals surface area (Å²) in [6, 6.07) is 9.41. The summed E-state index contributed by atoms with van der Waals surface area (Å²) in [6.07, 6.45) is 5.67. The van der Waals surface area contributed by atoms with Crippen molar-refractivity contribution in [3.8, 4) is 46.8 Å². The van der Waals surface area contributed by atoms with Crippen LogP contribution in [0.25, 0.3) is 0 Å². The van der Waals surface area contributed by atoms with Gasteiger partial charge in [-0.1, -0.05) is 5.92 Å². The molecule has 0 aromatic heterocycles. The molecule has 2 N–H and O–H groups in total. The van der Waals surface area contributed by atoms with Gasteiger partial charge in [0.05, 0.1) is 42.7 Å². The Balaban J connectivity index is 1.97. The van der Waals surface area contributed by atoms with Gasteiger partial charge in [0.15, 0.2) is 23.0 Å². The molecule has 0 aliphatic carbocycles. The highest BCUT2D eigenvalue weighted by molar-refractivity contribution is 6.08. The standard InChI is InChI=1S/C29H30N2O8/c1-9-17-10-20(30-28(32)18-12-22(34-3)26(38-7)23(13-18)35-4)16(2)21(11-17)31-29(33)19-14-24(36-5)27(39-8)25(15-19)37-6/h1,10-15H,2-8H3,(H,30,32)(H,31,33). The first-order chi connectivity index (χ1) is 18.7. The van der Waals surface area contributed by atoms with Crippen LogP contribution >= 0.6 is 0 Å². The summed E-state index contributed by atoms with van der Waals surface area (Å²) in [5, 5.41) is 5.70. The van der Waals surface area contributed by atoms with Crippen LogP contribution in [0.15, 0.2) is 36.4 Å². The van der Waals surface area contributed by atoms with Crippen molar-refractivity contribution >= 4 is 23.2 Å². The van der Waals surface area contributed by atoms with Gasteiger partial charge in [-0.05, 0) is 48.9 Å². The number of ether oxygens (including phenoxy) is 6. The van der Waals surface area contributed by atoms with Crippen molar-refractivity contribution in [3.05, 3.63) is 58.7 Å². The lowest BCUT2D eigenvalue weighted by Crippen LogP contribution is -2.17. The summed E-state index contributed by atoms with van der Waals surface area (Å²) >= 11 is 0. The van der Waals surface area contributed by atoms with Gasteiger partial charge in [-0.25, -0.2) is 0 Å². The molecule has 0 unspecified atom stereocenters. The molecule has 0 spiro atoms. The summed E-state index contributed by atoms with van der Waals surface area (Å²) in [7, 11) is 8.79. The van der Waals surface area contributed by atoms with Crippen LogP contribution in [-0.4, -0.2) is 54.5 Å². The van der Waals surface area contributed by atoms with E-state index in [1.54, 1.807) is 19.1 Å².